The fourth-order valence-electron chi connectivity index (χ4n) is 5.40. The maximum atomic E-state index is 11.0. The van der Waals surface area contributed by atoms with E-state index in [0.717, 1.165) is 19.3 Å². The SMILES string of the molecule is CCCCCCCCCCCCCCCCCC/C=C/C(CCCCCCCCCCCC)COS(=O)(=O)O. The van der Waals surface area contributed by atoms with Gasteiger partial charge < -0.3 is 0 Å². The first-order chi connectivity index (χ1) is 19.0. The Kier molecular flexibility index (Phi) is 30.3. The molecule has 0 aliphatic rings. The highest BCUT2D eigenvalue weighted by molar-refractivity contribution is 7.80. The van der Waals surface area contributed by atoms with Crippen LogP contribution in [0.1, 0.15) is 194 Å². The van der Waals surface area contributed by atoms with Gasteiger partial charge in [-0.2, -0.15) is 8.42 Å². The van der Waals surface area contributed by atoms with Crippen molar-refractivity contribution in [3.8, 4) is 0 Å². The van der Waals surface area contributed by atoms with E-state index in [1.165, 1.54) is 161 Å². The van der Waals surface area contributed by atoms with Crippen LogP contribution >= 0.6 is 0 Å². The first-order valence-electron chi connectivity index (χ1n) is 17.3. The molecular formula is C34H68O4S. The van der Waals surface area contributed by atoms with Crippen molar-refractivity contribution < 1.29 is 17.2 Å². The van der Waals surface area contributed by atoms with Crippen LogP contribution in [0, 0.1) is 5.92 Å². The molecule has 0 radical (unpaired) electrons. The van der Waals surface area contributed by atoms with Crippen LogP contribution in [0.25, 0.3) is 0 Å². The summed E-state index contributed by atoms with van der Waals surface area (Å²) in [5, 5.41) is 0. The molecule has 0 amide bonds. The molecule has 0 fully saturated rings. The van der Waals surface area contributed by atoms with Gasteiger partial charge in [-0.15, -0.1) is 0 Å². The summed E-state index contributed by atoms with van der Waals surface area (Å²) in [5.74, 6) is 0.0574. The molecule has 0 heterocycles. The van der Waals surface area contributed by atoms with E-state index in [-0.39, 0.29) is 12.5 Å². The van der Waals surface area contributed by atoms with E-state index >= 15 is 0 Å². The third kappa shape index (κ3) is 33.7. The summed E-state index contributed by atoms with van der Waals surface area (Å²) in [6.45, 7) is 4.58. The molecule has 0 aromatic heterocycles. The summed E-state index contributed by atoms with van der Waals surface area (Å²) in [4.78, 5) is 0. The summed E-state index contributed by atoms with van der Waals surface area (Å²) in [5.41, 5.74) is 0. The van der Waals surface area contributed by atoms with Crippen LogP contribution in [0.4, 0.5) is 0 Å². The maximum absolute atomic E-state index is 11.0. The molecule has 0 spiro atoms. The first kappa shape index (κ1) is 38.6. The van der Waals surface area contributed by atoms with Crippen molar-refractivity contribution in [3.63, 3.8) is 0 Å². The Balaban J connectivity index is 3.73. The van der Waals surface area contributed by atoms with Gasteiger partial charge in [-0.25, -0.2) is 4.18 Å². The predicted molar refractivity (Wildman–Crippen MR) is 171 cm³/mol. The van der Waals surface area contributed by atoms with E-state index in [2.05, 4.69) is 26.0 Å². The standard InChI is InChI=1S/C34H68O4S/c1-3-5-7-9-11-13-15-16-17-18-19-20-21-22-24-26-28-30-32-34(33-38-39(35,36)37)31-29-27-25-23-14-12-10-8-6-4-2/h30,32,34H,3-29,31,33H2,1-2H3,(H,35,36,37)/b32-30+. The third-order valence-corrected chi connectivity index (χ3v) is 8.43. The predicted octanol–water partition coefficient (Wildman–Crippen LogP) is 11.9. The monoisotopic (exact) mass is 572 g/mol. The average Bonchev–Trinajstić information content (AvgIpc) is 2.91. The minimum atomic E-state index is -4.37. The van der Waals surface area contributed by atoms with Gasteiger partial charge in [0.2, 0.25) is 0 Å². The van der Waals surface area contributed by atoms with E-state index in [0.29, 0.717) is 0 Å². The molecule has 234 valence electrons. The average molecular weight is 573 g/mol. The molecule has 0 saturated carbocycles. The zero-order chi connectivity index (χ0) is 28.7. The van der Waals surface area contributed by atoms with E-state index in [1.807, 2.05) is 0 Å². The molecule has 0 aliphatic heterocycles. The van der Waals surface area contributed by atoms with Crippen molar-refractivity contribution in [1.29, 1.82) is 0 Å². The lowest BCUT2D eigenvalue weighted by Crippen LogP contribution is -2.12. The van der Waals surface area contributed by atoms with Gasteiger partial charge in [0, 0.05) is 5.92 Å². The second-order valence-electron chi connectivity index (χ2n) is 12.0. The Morgan fingerprint density at radius 2 is 0.872 bits per heavy atom. The van der Waals surface area contributed by atoms with Gasteiger partial charge in [0.25, 0.3) is 0 Å². The zero-order valence-electron chi connectivity index (χ0n) is 26.3. The van der Waals surface area contributed by atoms with Crippen LogP contribution in [-0.2, 0) is 14.6 Å². The molecule has 4 nitrogen and oxygen atoms in total. The maximum Gasteiger partial charge on any atom is 0.397 e. The molecule has 1 unspecified atom stereocenters. The smallest absolute Gasteiger partial charge is 0.264 e. The van der Waals surface area contributed by atoms with Gasteiger partial charge >= 0.3 is 10.4 Å². The van der Waals surface area contributed by atoms with Gasteiger partial charge in [-0.05, 0) is 19.3 Å². The molecule has 5 heteroatoms. The third-order valence-electron chi connectivity index (χ3n) is 7.99. The van der Waals surface area contributed by atoms with E-state index in [4.69, 9.17) is 8.74 Å². The molecule has 0 aliphatic carbocycles. The lowest BCUT2D eigenvalue weighted by molar-refractivity contribution is 0.234. The highest BCUT2D eigenvalue weighted by Crippen LogP contribution is 2.18. The normalized spacial score (nSPS) is 13.0. The van der Waals surface area contributed by atoms with Crippen LogP contribution in [0.5, 0.6) is 0 Å². The minimum absolute atomic E-state index is 0.0473. The van der Waals surface area contributed by atoms with Gasteiger partial charge in [0.1, 0.15) is 0 Å². The van der Waals surface area contributed by atoms with Crippen molar-refractivity contribution >= 4 is 10.4 Å². The summed E-state index contributed by atoms with van der Waals surface area (Å²) in [6, 6.07) is 0. The lowest BCUT2D eigenvalue weighted by atomic mass is 9.99. The van der Waals surface area contributed by atoms with Crippen molar-refractivity contribution in [3.05, 3.63) is 12.2 Å². The Bertz CT molecular complexity index is 602. The van der Waals surface area contributed by atoms with Crippen molar-refractivity contribution in [2.24, 2.45) is 5.92 Å². The van der Waals surface area contributed by atoms with Gasteiger partial charge in [-0.1, -0.05) is 187 Å². The molecule has 0 bridgehead atoms. The Morgan fingerprint density at radius 1 is 0.538 bits per heavy atom. The van der Waals surface area contributed by atoms with Crippen molar-refractivity contribution in [2.45, 2.75) is 194 Å². The van der Waals surface area contributed by atoms with Gasteiger partial charge in [-0.3, -0.25) is 4.55 Å². The lowest BCUT2D eigenvalue weighted by Gasteiger charge is -2.12. The summed E-state index contributed by atoms with van der Waals surface area (Å²) in [7, 11) is -4.37. The molecule has 39 heavy (non-hydrogen) atoms. The molecular weight excluding hydrogens is 504 g/mol. The molecule has 0 aromatic rings. The van der Waals surface area contributed by atoms with E-state index in [9.17, 15) is 8.42 Å². The van der Waals surface area contributed by atoms with Crippen LogP contribution < -0.4 is 0 Å². The number of unbranched alkanes of at least 4 members (excludes halogenated alkanes) is 25. The topological polar surface area (TPSA) is 63.6 Å². The van der Waals surface area contributed by atoms with Gasteiger partial charge in [0.05, 0.1) is 6.61 Å². The highest BCUT2D eigenvalue weighted by atomic mass is 32.3. The first-order valence-corrected chi connectivity index (χ1v) is 18.6. The number of hydrogen-bond donors (Lipinski definition) is 1. The zero-order valence-corrected chi connectivity index (χ0v) is 27.1. The molecule has 1 atom stereocenters. The van der Waals surface area contributed by atoms with Crippen LogP contribution in [0.2, 0.25) is 0 Å². The molecule has 0 aromatic carbocycles. The number of rotatable bonds is 32. The molecule has 0 rings (SSSR count). The second-order valence-corrected chi connectivity index (χ2v) is 13.1. The largest absolute Gasteiger partial charge is 0.397 e. The second kappa shape index (κ2) is 30.6. The summed E-state index contributed by atoms with van der Waals surface area (Å²) in [6.07, 6.45) is 41.3. The fraction of sp³-hybridized carbons (Fsp3) is 0.941. The fourth-order valence-corrected chi connectivity index (χ4v) is 5.75. The quantitative estimate of drug-likeness (QED) is 0.0494. The minimum Gasteiger partial charge on any atom is -0.264 e. The van der Waals surface area contributed by atoms with Crippen LogP contribution in [0.15, 0.2) is 12.2 Å². The van der Waals surface area contributed by atoms with E-state index in [1.54, 1.807) is 0 Å². The van der Waals surface area contributed by atoms with Crippen LogP contribution in [-0.4, -0.2) is 19.6 Å². The summed E-state index contributed by atoms with van der Waals surface area (Å²) < 4.78 is 35.7. The summed E-state index contributed by atoms with van der Waals surface area (Å²) >= 11 is 0. The van der Waals surface area contributed by atoms with Crippen LogP contribution in [0.3, 0.4) is 0 Å². The number of allylic oxidation sites excluding steroid dienone is 1. The van der Waals surface area contributed by atoms with Gasteiger partial charge in [0.15, 0.2) is 0 Å². The molecule has 0 saturated heterocycles. The Morgan fingerprint density at radius 3 is 1.23 bits per heavy atom. The van der Waals surface area contributed by atoms with Crippen molar-refractivity contribution in [1.82, 2.24) is 0 Å². The highest BCUT2D eigenvalue weighted by Gasteiger charge is 2.11. The van der Waals surface area contributed by atoms with E-state index < -0.39 is 10.4 Å². The Hall–Kier alpha value is -0.390. The van der Waals surface area contributed by atoms with Crippen molar-refractivity contribution in [2.75, 3.05) is 6.61 Å². The Labute approximate surface area is 245 Å². The molecule has 1 N–H and O–H groups in total. The number of hydrogen-bond acceptors (Lipinski definition) is 3.